The molecule has 0 N–H and O–H groups in total. The first kappa shape index (κ1) is 19.0. The molecule has 148 valence electrons. The minimum atomic E-state index is 0.630. The van der Waals surface area contributed by atoms with Gasteiger partial charge in [-0.05, 0) is 86.5 Å². The van der Waals surface area contributed by atoms with Gasteiger partial charge in [0.15, 0.2) is 5.58 Å². The zero-order valence-corrected chi connectivity index (χ0v) is 16.8. The zero-order chi connectivity index (χ0) is 19.2. The quantitative estimate of drug-likeness (QED) is 0.502. The molecular weight excluding hydrogens is 348 g/mol. The van der Waals surface area contributed by atoms with Gasteiger partial charge < -0.3 is 14.2 Å². The van der Waals surface area contributed by atoms with Crippen molar-refractivity contribution in [1.82, 2.24) is 10.1 Å². The maximum absolute atomic E-state index is 5.88. The molecule has 0 radical (unpaired) electrons. The third-order valence-corrected chi connectivity index (χ3v) is 5.86. The lowest BCUT2D eigenvalue weighted by Gasteiger charge is -2.32. The largest absolute Gasteiger partial charge is 0.475 e. The summed E-state index contributed by atoms with van der Waals surface area (Å²) < 4.78 is 11.2. The molecule has 4 nitrogen and oxygen atoms in total. The minimum absolute atomic E-state index is 0.630. The van der Waals surface area contributed by atoms with Crippen molar-refractivity contribution in [3.8, 4) is 5.88 Å². The van der Waals surface area contributed by atoms with Crippen LogP contribution in [0.1, 0.15) is 36.8 Å². The van der Waals surface area contributed by atoms with Gasteiger partial charge in [-0.2, -0.15) is 0 Å². The van der Waals surface area contributed by atoms with Gasteiger partial charge in [0.2, 0.25) is 0 Å². The summed E-state index contributed by atoms with van der Waals surface area (Å²) in [5.41, 5.74) is 3.42. The second-order valence-corrected chi connectivity index (χ2v) is 8.00. The number of piperidine rings is 1. The highest BCUT2D eigenvalue weighted by atomic mass is 16.5. The van der Waals surface area contributed by atoms with Crippen LogP contribution in [0.25, 0.3) is 11.0 Å². The Kier molecular flexibility index (Phi) is 6.27. The topological polar surface area (TPSA) is 38.5 Å². The van der Waals surface area contributed by atoms with E-state index in [2.05, 4.69) is 53.4 Å². The molecule has 1 aliphatic rings. The lowest BCUT2D eigenvalue weighted by atomic mass is 9.92. The molecule has 0 atom stereocenters. The average Bonchev–Trinajstić information content (AvgIpc) is 3.13. The average molecular weight is 379 g/mol. The number of hydrogen-bond acceptors (Lipinski definition) is 4. The van der Waals surface area contributed by atoms with Crippen molar-refractivity contribution in [1.29, 1.82) is 0 Å². The molecule has 0 saturated carbocycles. The third-order valence-electron chi connectivity index (χ3n) is 5.86. The molecule has 4 rings (SSSR count). The van der Waals surface area contributed by atoms with Gasteiger partial charge in [-0.25, -0.2) is 0 Å². The Morgan fingerprint density at radius 3 is 2.75 bits per heavy atom. The lowest BCUT2D eigenvalue weighted by molar-refractivity contribution is 0.172. The molecule has 3 aromatic rings. The van der Waals surface area contributed by atoms with Crippen LogP contribution in [-0.2, 0) is 6.42 Å². The second-order valence-electron chi connectivity index (χ2n) is 8.00. The molecule has 0 bridgehead atoms. The Hall–Kier alpha value is -2.33. The molecule has 1 fully saturated rings. The van der Waals surface area contributed by atoms with Gasteiger partial charge in [-0.1, -0.05) is 36.4 Å². The maximum atomic E-state index is 5.88. The van der Waals surface area contributed by atoms with E-state index in [1.807, 2.05) is 12.1 Å². The van der Waals surface area contributed by atoms with Crippen LogP contribution >= 0.6 is 0 Å². The van der Waals surface area contributed by atoms with E-state index in [0.717, 1.165) is 29.7 Å². The van der Waals surface area contributed by atoms with Crippen molar-refractivity contribution in [2.45, 2.75) is 39.0 Å². The third kappa shape index (κ3) is 4.93. The van der Waals surface area contributed by atoms with E-state index in [4.69, 9.17) is 9.26 Å². The molecule has 0 unspecified atom stereocenters. The summed E-state index contributed by atoms with van der Waals surface area (Å²) in [6, 6.07) is 16.9. The smallest absolute Gasteiger partial charge is 0.262 e. The van der Waals surface area contributed by atoms with E-state index >= 15 is 0 Å². The fourth-order valence-corrected chi connectivity index (χ4v) is 4.10. The molecular formula is C24H30N2O2. The SMILES string of the molecule is Cc1ccc2c(OCCCC3CCN(CCc4ccccc4)CC3)noc2c1. The zero-order valence-electron chi connectivity index (χ0n) is 16.8. The van der Waals surface area contributed by atoms with Crippen molar-refractivity contribution in [2.75, 3.05) is 26.2 Å². The van der Waals surface area contributed by atoms with Crippen molar-refractivity contribution in [2.24, 2.45) is 5.92 Å². The van der Waals surface area contributed by atoms with Crippen LogP contribution in [0.5, 0.6) is 5.88 Å². The molecule has 1 aliphatic heterocycles. The number of benzene rings is 2. The maximum Gasteiger partial charge on any atom is 0.262 e. The summed E-state index contributed by atoms with van der Waals surface area (Å²) in [7, 11) is 0. The molecule has 4 heteroatoms. The van der Waals surface area contributed by atoms with E-state index in [9.17, 15) is 0 Å². The van der Waals surface area contributed by atoms with Crippen LogP contribution in [0, 0.1) is 12.8 Å². The van der Waals surface area contributed by atoms with E-state index in [0.29, 0.717) is 12.5 Å². The number of aryl methyl sites for hydroxylation is 1. The lowest BCUT2D eigenvalue weighted by Crippen LogP contribution is -2.35. The second kappa shape index (κ2) is 9.24. The number of ether oxygens (including phenoxy) is 1. The number of likely N-dealkylation sites (tertiary alicyclic amines) is 1. The molecule has 1 aromatic heterocycles. The fourth-order valence-electron chi connectivity index (χ4n) is 4.10. The van der Waals surface area contributed by atoms with Crippen molar-refractivity contribution >= 4 is 11.0 Å². The predicted octanol–water partition coefficient (Wildman–Crippen LogP) is 5.25. The summed E-state index contributed by atoms with van der Waals surface area (Å²) in [6.45, 7) is 6.40. The van der Waals surface area contributed by atoms with Gasteiger partial charge in [-0.3, -0.25) is 0 Å². The van der Waals surface area contributed by atoms with E-state index in [1.165, 1.54) is 50.0 Å². The van der Waals surface area contributed by atoms with E-state index < -0.39 is 0 Å². The van der Waals surface area contributed by atoms with Gasteiger partial charge in [-0.15, -0.1) is 0 Å². The van der Waals surface area contributed by atoms with Gasteiger partial charge in [0, 0.05) is 6.54 Å². The molecule has 2 aromatic carbocycles. The summed E-state index contributed by atoms with van der Waals surface area (Å²) >= 11 is 0. The van der Waals surface area contributed by atoms with Crippen molar-refractivity contribution < 1.29 is 9.26 Å². The summed E-state index contributed by atoms with van der Waals surface area (Å²) in [5.74, 6) is 1.46. The Morgan fingerprint density at radius 2 is 1.93 bits per heavy atom. The normalized spacial score (nSPS) is 15.9. The molecule has 2 heterocycles. The standard InChI is InChI=1S/C24H30N2O2/c1-19-9-10-22-23(18-19)28-25-24(22)27-17-5-8-21-12-15-26(16-13-21)14-11-20-6-3-2-4-7-20/h2-4,6-7,9-10,18,21H,5,8,11-17H2,1H3. The first-order valence-electron chi connectivity index (χ1n) is 10.5. The van der Waals surface area contributed by atoms with Gasteiger partial charge in [0.25, 0.3) is 5.88 Å². The highest BCUT2D eigenvalue weighted by Crippen LogP contribution is 2.26. The number of nitrogens with zero attached hydrogens (tertiary/aromatic N) is 2. The monoisotopic (exact) mass is 378 g/mol. The van der Waals surface area contributed by atoms with Gasteiger partial charge >= 0.3 is 0 Å². The molecule has 0 spiro atoms. The van der Waals surface area contributed by atoms with Crippen LogP contribution in [0.15, 0.2) is 53.1 Å². The number of hydrogen-bond donors (Lipinski definition) is 0. The Balaban J connectivity index is 1.14. The van der Waals surface area contributed by atoms with E-state index in [1.54, 1.807) is 0 Å². The van der Waals surface area contributed by atoms with Gasteiger partial charge in [0.05, 0.1) is 12.0 Å². The Bertz CT molecular complexity index is 867. The highest BCUT2D eigenvalue weighted by Gasteiger charge is 2.19. The predicted molar refractivity (Wildman–Crippen MR) is 113 cm³/mol. The van der Waals surface area contributed by atoms with Crippen LogP contribution in [0.4, 0.5) is 0 Å². The van der Waals surface area contributed by atoms with Crippen LogP contribution in [-0.4, -0.2) is 36.3 Å². The summed E-state index contributed by atoms with van der Waals surface area (Å²) in [4.78, 5) is 2.61. The summed E-state index contributed by atoms with van der Waals surface area (Å²) in [6.07, 6.45) is 6.09. The van der Waals surface area contributed by atoms with Crippen molar-refractivity contribution in [3.05, 3.63) is 59.7 Å². The number of aromatic nitrogens is 1. The van der Waals surface area contributed by atoms with Gasteiger partial charge in [0.1, 0.15) is 0 Å². The molecule has 0 amide bonds. The fraction of sp³-hybridized carbons (Fsp3) is 0.458. The minimum Gasteiger partial charge on any atom is -0.475 e. The summed E-state index contributed by atoms with van der Waals surface area (Å²) in [5, 5.41) is 5.04. The Labute approximate surface area is 167 Å². The highest BCUT2D eigenvalue weighted by molar-refractivity contribution is 5.82. The molecule has 28 heavy (non-hydrogen) atoms. The van der Waals surface area contributed by atoms with Crippen LogP contribution < -0.4 is 4.74 Å². The Morgan fingerprint density at radius 1 is 1.11 bits per heavy atom. The van der Waals surface area contributed by atoms with Crippen LogP contribution in [0.2, 0.25) is 0 Å². The molecule has 1 saturated heterocycles. The van der Waals surface area contributed by atoms with E-state index in [-0.39, 0.29) is 0 Å². The van der Waals surface area contributed by atoms with Crippen LogP contribution in [0.3, 0.4) is 0 Å². The number of rotatable bonds is 8. The van der Waals surface area contributed by atoms with Crippen molar-refractivity contribution in [3.63, 3.8) is 0 Å². The number of fused-ring (bicyclic) bond motifs is 1. The first-order chi connectivity index (χ1) is 13.8. The molecule has 0 aliphatic carbocycles. The first-order valence-corrected chi connectivity index (χ1v) is 10.5.